The van der Waals surface area contributed by atoms with Crippen LogP contribution in [-0.2, 0) is 9.53 Å². The summed E-state index contributed by atoms with van der Waals surface area (Å²) >= 11 is 0. The van der Waals surface area contributed by atoms with E-state index in [0.29, 0.717) is 12.1 Å². The quantitative estimate of drug-likeness (QED) is 0.739. The van der Waals surface area contributed by atoms with Crippen molar-refractivity contribution in [2.45, 2.75) is 43.9 Å². The Hall–Kier alpha value is -0.350. The summed E-state index contributed by atoms with van der Waals surface area (Å²) in [5.74, 6) is -0.850. The van der Waals surface area contributed by atoms with Crippen molar-refractivity contribution in [2.75, 3.05) is 7.11 Å². The van der Waals surface area contributed by atoms with Crippen LogP contribution in [0.4, 0.5) is 4.39 Å². The van der Waals surface area contributed by atoms with E-state index in [-0.39, 0.29) is 18.3 Å². The molecule has 0 saturated carbocycles. The lowest BCUT2D eigenvalue weighted by atomic mass is 9.88. The van der Waals surface area contributed by atoms with Crippen LogP contribution >= 0.6 is 12.4 Å². The van der Waals surface area contributed by atoms with Crippen LogP contribution in [0.15, 0.2) is 0 Å². The molecule has 2 saturated heterocycles. The normalized spacial score (nSPS) is 35.5. The fourth-order valence-corrected chi connectivity index (χ4v) is 2.65. The lowest BCUT2D eigenvalue weighted by Crippen LogP contribution is -2.42. The molecule has 1 N–H and O–H groups in total. The summed E-state index contributed by atoms with van der Waals surface area (Å²) < 4.78 is 18.0. The third-order valence-electron chi connectivity index (χ3n) is 3.35. The number of carbonyl (C=O) groups is 1. The van der Waals surface area contributed by atoms with E-state index in [9.17, 15) is 9.18 Å². The molecule has 2 aliphatic heterocycles. The smallest absolute Gasteiger partial charge is 0.340 e. The molecule has 88 valence electrons. The van der Waals surface area contributed by atoms with Crippen LogP contribution in [0.1, 0.15) is 25.7 Å². The number of fused-ring (bicyclic) bond motifs is 2. The first-order chi connectivity index (χ1) is 6.70. The highest BCUT2D eigenvalue weighted by molar-refractivity contribution is 5.85. The van der Waals surface area contributed by atoms with E-state index in [1.807, 2.05) is 0 Å². The Morgan fingerprint density at radius 2 is 1.93 bits per heavy atom. The maximum Gasteiger partial charge on any atom is 0.340 e. The van der Waals surface area contributed by atoms with Crippen molar-refractivity contribution in [3.05, 3.63) is 0 Å². The summed E-state index contributed by atoms with van der Waals surface area (Å²) in [6.07, 6.45) is 2.36. The number of carbonyl (C=O) groups excluding carboxylic acids is 1. The number of hydrogen-bond donors (Lipinski definition) is 1. The fourth-order valence-electron chi connectivity index (χ4n) is 2.65. The maximum atomic E-state index is 13.6. The zero-order valence-corrected chi connectivity index (χ0v) is 9.56. The molecule has 3 unspecified atom stereocenters. The Labute approximate surface area is 95.2 Å². The van der Waals surface area contributed by atoms with Gasteiger partial charge in [-0.3, -0.25) is 0 Å². The molecule has 0 radical (unpaired) electrons. The molecular weight excluding hydrogens is 221 g/mol. The summed E-state index contributed by atoms with van der Waals surface area (Å²) in [4.78, 5) is 11.0. The standard InChI is InChI=1S/C10H16FNO2.ClH/c1-14-10(13)9(11)6-4-7-2-3-8(5-6)12-7;/h6-9,12H,2-5H2,1H3;1H. The zero-order chi connectivity index (χ0) is 10.1. The summed E-state index contributed by atoms with van der Waals surface area (Å²) in [5, 5.41) is 3.41. The van der Waals surface area contributed by atoms with Gasteiger partial charge in [0.2, 0.25) is 0 Å². The minimum atomic E-state index is -1.43. The van der Waals surface area contributed by atoms with Crippen molar-refractivity contribution in [3.63, 3.8) is 0 Å². The van der Waals surface area contributed by atoms with E-state index in [1.54, 1.807) is 0 Å². The zero-order valence-electron chi connectivity index (χ0n) is 8.74. The van der Waals surface area contributed by atoms with Crippen molar-refractivity contribution in [1.82, 2.24) is 5.32 Å². The van der Waals surface area contributed by atoms with E-state index in [0.717, 1.165) is 25.7 Å². The Bertz CT molecular complexity index is 227. The topological polar surface area (TPSA) is 38.3 Å². The highest BCUT2D eigenvalue weighted by Crippen LogP contribution is 2.33. The second-order valence-electron chi connectivity index (χ2n) is 4.29. The number of piperidine rings is 1. The second kappa shape index (κ2) is 5.12. The first-order valence-electron chi connectivity index (χ1n) is 5.18. The number of nitrogens with one attached hydrogen (secondary N) is 1. The summed E-state index contributed by atoms with van der Waals surface area (Å²) in [6.45, 7) is 0. The summed E-state index contributed by atoms with van der Waals surface area (Å²) in [6, 6.07) is 0.836. The van der Waals surface area contributed by atoms with Crippen LogP contribution in [0.25, 0.3) is 0 Å². The lowest BCUT2D eigenvalue weighted by molar-refractivity contribution is -0.149. The van der Waals surface area contributed by atoms with Gasteiger partial charge in [-0.15, -0.1) is 12.4 Å². The van der Waals surface area contributed by atoms with Crippen LogP contribution in [0.2, 0.25) is 0 Å². The maximum absolute atomic E-state index is 13.6. The summed E-state index contributed by atoms with van der Waals surface area (Å²) in [5.41, 5.74) is 0. The minimum Gasteiger partial charge on any atom is -0.467 e. The van der Waals surface area contributed by atoms with Gasteiger partial charge in [0.25, 0.3) is 0 Å². The van der Waals surface area contributed by atoms with Crippen LogP contribution in [0, 0.1) is 5.92 Å². The SMILES string of the molecule is COC(=O)C(F)C1CC2CCC(C1)N2.Cl. The molecule has 2 aliphatic rings. The third kappa shape index (κ3) is 2.61. The number of halogens is 2. The van der Waals surface area contributed by atoms with E-state index in [1.165, 1.54) is 7.11 Å². The molecule has 0 aromatic heterocycles. The number of methoxy groups -OCH3 is 1. The van der Waals surface area contributed by atoms with Gasteiger partial charge in [-0.1, -0.05) is 0 Å². The lowest BCUT2D eigenvalue weighted by Gasteiger charge is -2.30. The highest BCUT2D eigenvalue weighted by atomic mass is 35.5. The first kappa shape index (κ1) is 12.7. The van der Waals surface area contributed by atoms with Crippen LogP contribution in [0.5, 0.6) is 0 Å². The average Bonchev–Trinajstić information content (AvgIpc) is 2.55. The predicted molar refractivity (Wildman–Crippen MR) is 56.8 cm³/mol. The van der Waals surface area contributed by atoms with Crippen LogP contribution in [0.3, 0.4) is 0 Å². The molecule has 2 heterocycles. The Balaban J connectivity index is 0.00000112. The Morgan fingerprint density at radius 1 is 1.40 bits per heavy atom. The van der Waals surface area contributed by atoms with Gasteiger partial charge in [-0.05, 0) is 25.7 Å². The molecule has 2 bridgehead atoms. The van der Waals surface area contributed by atoms with Crippen LogP contribution in [-0.4, -0.2) is 31.3 Å². The Kier molecular flexibility index (Phi) is 4.34. The molecule has 5 heteroatoms. The largest absolute Gasteiger partial charge is 0.467 e. The van der Waals surface area contributed by atoms with Gasteiger partial charge in [-0.25, -0.2) is 9.18 Å². The molecule has 2 fully saturated rings. The molecule has 3 nitrogen and oxygen atoms in total. The molecule has 0 aromatic carbocycles. The van der Waals surface area contributed by atoms with Crippen molar-refractivity contribution in [3.8, 4) is 0 Å². The van der Waals surface area contributed by atoms with Crippen molar-refractivity contribution >= 4 is 18.4 Å². The average molecular weight is 238 g/mol. The van der Waals surface area contributed by atoms with Gasteiger partial charge < -0.3 is 10.1 Å². The molecule has 0 amide bonds. The Morgan fingerprint density at radius 3 is 2.40 bits per heavy atom. The van der Waals surface area contributed by atoms with Gasteiger partial charge >= 0.3 is 5.97 Å². The molecule has 0 spiro atoms. The van der Waals surface area contributed by atoms with Crippen molar-refractivity contribution in [1.29, 1.82) is 0 Å². The molecular formula is C10H17ClFNO2. The molecule has 15 heavy (non-hydrogen) atoms. The second-order valence-corrected chi connectivity index (χ2v) is 4.29. The van der Waals surface area contributed by atoms with Gasteiger partial charge in [0.15, 0.2) is 6.17 Å². The minimum absolute atomic E-state index is 0. The number of rotatable bonds is 2. The number of hydrogen-bond acceptors (Lipinski definition) is 3. The molecule has 0 aliphatic carbocycles. The monoisotopic (exact) mass is 237 g/mol. The molecule has 0 aromatic rings. The highest BCUT2D eigenvalue weighted by Gasteiger charge is 2.39. The van der Waals surface area contributed by atoms with E-state index >= 15 is 0 Å². The van der Waals surface area contributed by atoms with Gasteiger partial charge in [0.1, 0.15) is 0 Å². The van der Waals surface area contributed by atoms with Gasteiger partial charge in [0, 0.05) is 18.0 Å². The van der Waals surface area contributed by atoms with Crippen molar-refractivity contribution in [2.24, 2.45) is 5.92 Å². The molecule has 3 atom stereocenters. The third-order valence-corrected chi connectivity index (χ3v) is 3.35. The van der Waals surface area contributed by atoms with Gasteiger partial charge in [-0.2, -0.15) is 0 Å². The van der Waals surface area contributed by atoms with Crippen LogP contribution < -0.4 is 5.32 Å². The van der Waals surface area contributed by atoms with E-state index in [4.69, 9.17) is 0 Å². The fraction of sp³-hybridized carbons (Fsp3) is 0.900. The summed E-state index contributed by atoms with van der Waals surface area (Å²) in [7, 11) is 1.24. The number of alkyl halides is 1. The van der Waals surface area contributed by atoms with E-state index < -0.39 is 12.1 Å². The van der Waals surface area contributed by atoms with E-state index in [2.05, 4.69) is 10.1 Å². The van der Waals surface area contributed by atoms with Crippen molar-refractivity contribution < 1.29 is 13.9 Å². The number of ether oxygens (including phenoxy) is 1. The molecule has 2 rings (SSSR count). The number of esters is 1. The van der Waals surface area contributed by atoms with Gasteiger partial charge in [0.05, 0.1) is 7.11 Å². The first-order valence-corrected chi connectivity index (χ1v) is 5.18. The predicted octanol–water partition coefficient (Wildman–Crippen LogP) is 1.45.